The zero-order valence-electron chi connectivity index (χ0n) is 14.9. The number of ether oxygens (including phenoxy) is 1. The van der Waals surface area contributed by atoms with Crippen LogP contribution in [0.5, 0.6) is 0 Å². The second-order valence-electron chi connectivity index (χ2n) is 5.71. The number of hydrogen-bond acceptors (Lipinski definition) is 4. The zero-order valence-corrected chi connectivity index (χ0v) is 14.9. The lowest BCUT2D eigenvalue weighted by Gasteiger charge is -2.21. The first-order chi connectivity index (χ1) is 12.7. The molecule has 0 aliphatic carbocycles. The normalized spacial score (nSPS) is 10.8. The molecule has 1 amide bonds. The van der Waals surface area contributed by atoms with E-state index in [1.165, 1.54) is 0 Å². The van der Waals surface area contributed by atoms with E-state index in [-0.39, 0.29) is 11.5 Å². The molecular weight excluding hydrogens is 326 g/mol. The number of rotatable bonds is 9. The first kappa shape index (κ1) is 19.2. The molecule has 0 saturated heterocycles. The van der Waals surface area contributed by atoms with Gasteiger partial charge in [-0.05, 0) is 24.1 Å². The molecule has 2 aromatic rings. The minimum Gasteiger partial charge on any atom is -0.385 e. The van der Waals surface area contributed by atoms with Crippen molar-refractivity contribution >= 4 is 11.6 Å². The predicted molar refractivity (Wildman–Crippen MR) is 102 cm³/mol. The second-order valence-corrected chi connectivity index (χ2v) is 5.71. The fraction of sp³-hybridized carbons (Fsp3) is 0.238. The third-order valence-corrected chi connectivity index (χ3v) is 3.74. The third kappa shape index (κ3) is 6.08. The van der Waals surface area contributed by atoms with E-state index in [9.17, 15) is 10.1 Å². The smallest absolute Gasteiger partial charge is 0.263 e. The van der Waals surface area contributed by atoms with Crippen LogP contribution in [0.15, 0.2) is 72.4 Å². The average Bonchev–Trinajstić information content (AvgIpc) is 2.69. The van der Waals surface area contributed by atoms with Crippen LogP contribution < -0.4 is 10.2 Å². The number of anilines is 1. The Morgan fingerprint density at radius 3 is 2.42 bits per heavy atom. The van der Waals surface area contributed by atoms with Gasteiger partial charge in [-0.1, -0.05) is 48.5 Å². The van der Waals surface area contributed by atoms with Crippen molar-refractivity contribution in [2.75, 3.05) is 25.2 Å². The summed E-state index contributed by atoms with van der Waals surface area (Å²) in [6, 6.07) is 21.6. The van der Waals surface area contributed by atoms with Crippen LogP contribution in [0.3, 0.4) is 0 Å². The van der Waals surface area contributed by atoms with Crippen LogP contribution in [0.2, 0.25) is 0 Å². The summed E-state index contributed by atoms with van der Waals surface area (Å²) in [7, 11) is 1.61. The Kier molecular flexibility index (Phi) is 7.91. The van der Waals surface area contributed by atoms with E-state index in [4.69, 9.17) is 4.74 Å². The van der Waals surface area contributed by atoms with Gasteiger partial charge in [-0.2, -0.15) is 5.26 Å². The van der Waals surface area contributed by atoms with Crippen molar-refractivity contribution in [3.8, 4) is 6.07 Å². The number of hydrogen-bond donors (Lipinski definition) is 1. The lowest BCUT2D eigenvalue weighted by molar-refractivity contribution is -0.117. The van der Waals surface area contributed by atoms with Crippen molar-refractivity contribution in [1.82, 2.24) is 5.32 Å². The summed E-state index contributed by atoms with van der Waals surface area (Å²) in [5, 5.41) is 12.2. The maximum absolute atomic E-state index is 12.3. The number of para-hydroxylation sites is 1. The summed E-state index contributed by atoms with van der Waals surface area (Å²) in [4.78, 5) is 14.2. The van der Waals surface area contributed by atoms with Gasteiger partial charge in [0, 0.05) is 38.7 Å². The van der Waals surface area contributed by atoms with Gasteiger partial charge >= 0.3 is 0 Å². The van der Waals surface area contributed by atoms with Crippen molar-refractivity contribution < 1.29 is 9.53 Å². The van der Waals surface area contributed by atoms with E-state index < -0.39 is 0 Å². The van der Waals surface area contributed by atoms with E-state index in [0.29, 0.717) is 26.1 Å². The minimum atomic E-state index is -0.377. The largest absolute Gasteiger partial charge is 0.385 e. The van der Waals surface area contributed by atoms with Gasteiger partial charge in [0.05, 0.1) is 0 Å². The van der Waals surface area contributed by atoms with Crippen molar-refractivity contribution in [2.45, 2.75) is 13.0 Å². The molecule has 0 spiro atoms. The summed E-state index contributed by atoms with van der Waals surface area (Å²) in [5.74, 6) is -0.377. The zero-order chi connectivity index (χ0) is 18.6. The molecule has 26 heavy (non-hydrogen) atoms. The highest BCUT2D eigenvalue weighted by atomic mass is 16.5. The Bertz CT molecular complexity index is 752. The van der Waals surface area contributed by atoms with E-state index in [2.05, 4.69) is 5.32 Å². The molecule has 1 N–H and O–H groups in total. The highest BCUT2D eigenvalue weighted by molar-refractivity contribution is 5.97. The van der Waals surface area contributed by atoms with Crippen molar-refractivity contribution in [3.05, 3.63) is 78.0 Å². The summed E-state index contributed by atoms with van der Waals surface area (Å²) in [6.45, 7) is 1.60. The molecule has 134 valence electrons. The monoisotopic (exact) mass is 349 g/mol. The fourth-order valence-corrected chi connectivity index (χ4v) is 2.42. The molecule has 0 radical (unpaired) electrons. The van der Waals surface area contributed by atoms with Gasteiger partial charge in [-0.3, -0.25) is 4.79 Å². The number of nitrogens with zero attached hydrogens (tertiary/aromatic N) is 2. The van der Waals surface area contributed by atoms with Crippen molar-refractivity contribution in [1.29, 1.82) is 5.26 Å². The van der Waals surface area contributed by atoms with Gasteiger partial charge in [0.15, 0.2) is 0 Å². The maximum Gasteiger partial charge on any atom is 0.263 e. The van der Waals surface area contributed by atoms with E-state index in [1.54, 1.807) is 13.3 Å². The maximum atomic E-state index is 12.3. The highest BCUT2D eigenvalue weighted by Crippen LogP contribution is 2.18. The fourth-order valence-electron chi connectivity index (χ4n) is 2.42. The van der Waals surface area contributed by atoms with Gasteiger partial charge in [0.2, 0.25) is 0 Å². The Balaban J connectivity index is 2.18. The van der Waals surface area contributed by atoms with Gasteiger partial charge in [0.1, 0.15) is 11.6 Å². The summed E-state index contributed by atoms with van der Waals surface area (Å²) in [6.07, 6.45) is 2.31. The van der Waals surface area contributed by atoms with Crippen LogP contribution in [-0.4, -0.2) is 26.2 Å². The molecule has 0 heterocycles. The Morgan fingerprint density at radius 1 is 1.15 bits per heavy atom. The predicted octanol–water partition coefficient (Wildman–Crippen LogP) is 3.25. The van der Waals surface area contributed by atoms with E-state index >= 15 is 0 Å². The van der Waals surface area contributed by atoms with E-state index in [1.807, 2.05) is 71.6 Å². The molecule has 5 heteroatoms. The lowest BCUT2D eigenvalue weighted by Crippen LogP contribution is -2.28. The second kappa shape index (κ2) is 10.7. The molecule has 0 bridgehead atoms. The number of nitrogens with one attached hydrogen (secondary N) is 1. The standard InChI is InChI=1S/C21H23N3O2/c1-26-14-8-13-23-21(25)19(15-22)17-24(20-11-6-3-7-12-20)16-18-9-4-2-5-10-18/h2-7,9-12,17H,8,13-14,16H2,1H3,(H,23,25)/b19-17-. The van der Waals surface area contributed by atoms with Gasteiger partial charge in [0.25, 0.3) is 5.91 Å². The molecular formula is C21H23N3O2. The first-order valence-corrected chi connectivity index (χ1v) is 8.49. The molecule has 0 aromatic heterocycles. The molecule has 0 atom stereocenters. The molecule has 0 saturated carbocycles. The summed E-state index contributed by atoms with van der Waals surface area (Å²) >= 11 is 0. The number of methoxy groups -OCH3 is 1. The minimum absolute atomic E-state index is 0.0715. The average molecular weight is 349 g/mol. The van der Waals surface area contributed by atoms with Gasteiger partial charge in [-0.25, -0.2) is 0 Å². The Hall–Kier alpha value is -3.10. The van der Waals surface area contributed by atoms with Crippen LogP contribution >= 0.6 is 0 Å². The molecule has 5 nitrogen and oxygen atoms in total. The third-order valence-electron chi connectivity index (χ3n) is 3.74. The number of carbonyl (C=O) groups excluding carboxylic acids is 1. The van der Waals surface area contributed by atoms with E-state index in [0.717, 1.165) is 11.3 Å². The lowest BCUT2D eigenvalue weighted by atomic mass is 10.2. The van der Waals surface area contributed by atoms with Gasteiger partial charge in [-0.15, -0.1) is 0 Å². The Morgan fingerprint density at radius 2 is 1.81 bits per heavy atom. The van der Waals surface area contributed by atoms with Crippen LogP contribution in [-0.2, 0) is 16.1 Å². The summed E-state index contributed by atoms with van der Waals surface area (Å²) < 4.78 is 4.96. The van der Waals surface area contributed by atoms with Crippen LogP contribution in [0.25, 0.3) is 0 Å². The molecule has 0 aliphatic rings. The van der Waals surface area contributed by atoms with Gasteiger partial charge < -0.3 is 15.0 Å². The molecule has 2 aromatic carbocycles. The van der Waals surface area contributed by atoms with Crippen LogP contribution in [0.1, 0.15) is 12.0 Å². The number of carbonyl (C=O) groups is 1. The number of benzene rings is 2. The molecule has 0 unspecified atom stereocenters. The highest BCUT2D eigenvalue weighted by Gasteiger charge is 2.12. The molecule has 0 aliphatic heterocycles. The first-order valence-electron chi connectivity index (χ1n) is 8.49. The number of amides is 1. The summed E-state index contributed by atoms with van der Waals surface area (Å²) in [5.41, 5.74) is 2.07. The quantitative estimate of drug-likeness (QED) is 0.429. The van der Waals surface area contributed by atoms with Crippen LogP contribution in [0, 0.1) is 11.3 Å². The van der Waals surface area contributed by atoms with Crippen molar-refractivity contribution in [2.24, 2.45) is 0 Å². The Labute approximate surface area is 154 Å². The number of nitriles is 1. The topological polar surface area (TPSA) is 65.4 Å². The SMILES string of the molecule is COCCCNC(=O)/C(C#N)=C\N(Cc1ccccc1)c1ccccc1. The van der Waals surface area contributed by atoms with Crippen molar-refractivity contribution in [3.63, 3.8) is 0 Å². The molecule has 2 rings (SSSR count). The van der Waals surface area contributed by atoms with Crippen LogP contribution in [0.4, 0.5) is 5.69 Å². The molecule has 0 fully saturated rings.